The van der Waals surface area contributed by atoms with Crippen molar-refractivity contribution < 1.29 is 18.7 Å². The van der Waals surface area contributed by atoms with Gasteiger partial charge in [-0.3, -0.25) is 15.1 Å². The quantitative estimate of drug-likeness (QED) is 0.754. The molecule has 1 saturated heterocycles. The Morgan fingerprint density at radius 1 is 1.12 bits per heavy atom. The van der Waals surface area contributed by atoms with E-state index in [2.05, 4.69) is 5.32 Å². The van der Waals surface area contributed by atoms with E-state index in [0.29, 0.717) is 16.0 Å². The number of carbonyl (C=O) groups excluding carboxylic acids is 1. The Morgan fingerprint density at radius 2 is 1.79 bits per heavy atom. The van der Waals surface area contributed by atoms with Crippen molar-refractivity contribution in [3.63, 3.8) is 0 Å². The number of halogens is 2. The molecule has 1 amide bonds. The van der Waals surface area contributed by atoms with E-state index < -0.39 is 30.9 Å². The van der Waals surface area contributed by atoms with Crippen LogP contribution in [0.4, 0.5) is 8.78 Å². The summed E-state index contributed by atoms with van der Waals surface area (Å²) < 4.78 is 26.8. The van der Waals surface area contributed by atoms with Crippen molar-refractivity contribution in [2.45, 2.75) is 5.54 Å². The lowest BCUT2D eigenvalue weighted by molar-refractivity contribution is -0.133. The summed E-state index contributed by atoms with van der Waals surface area (Å²) in [7, 11) is 0. The Hall–Kier alpha value is -2.96. The number of nitrogens with zero attached hydrogens (tertiary/aromatic N) is 1. The average molecular weight is 331 g/mol. The van der Waals surface area contributed by atoms with Gasteiger partial charge in [0.05, 0.1) is 0 Å². The lowest BCUT2D eigenvalue weighted by atomic mass is 9.89. The summed E-state index contributed by atoms with van der Waals surface area (Å²) in [5.74, 6) is -1.23. The standard InChI is InChI=1S/C17H15F2N3O2/c18-9-17(15(24)22(10-19)16(20)21-17)13-5-1-3-11(7-13)12-4-2-6-14(23)8-12/h1-8,23H,9-10H2,(H2,20,21). The van der Waals surface area contributed by atoms with Crippen LogP contribution in [-0.4, -0.2) is 35.3 Å². The third-order valence-electron chi connectivity index (χ3n) is 4.07. The van der Waals surface area contributed by atoms with E-state index in [1.54, 1.807) is 42.5 Å². The van der Waals surface area contributed by atoms with Gasteiger partial charge in [0.1, 0.15) is 12.4 Å². The van der Waals surface area contributed by atoms with Gasteiger partial charge in [-0.15, -0.1) is 0 Å². The second-order valence-corrected chi connectivity index (χ2v) is 5.50. The van der Waals surface area contributed by atoms with Crippen molar-refractivity contribution in [1.82, 2.24) is 10.2 Å². The first-order chi connectivity index (χ1) is 11.5. The molecule has 2 aromatic rings. The monoisotopic (exact) mass is 331 g/mol. The van der Waals surface area contributed by atoms with Gasteiger partial charge in [0, 0.05) is 0 Å². The number of amides is 1. The lowest BCUT2D eigenvalue weighted by Gasteiger charge is -2.24. The number of benzene rings is 2. The summed E-state index contributed by atoms with van der Waals surface area (Å²) in [5, 5.41) is 19.7. The van der Waals surface area contributed by atoms with Crippen molar-refractivity contribution in [3.8, 4) is 16.9 Å². The van der Waals surface area contributed by atoms with E-state index in [1.165, 1.54) is 6.07 Å². The normalized spacial score (nSPS) is 20.3. The van der Waals surface area contributed by atoms with Crippen molar-refractivity contribution in [1.29, 1.82) is 5.41 Å². The fourth-order valence-corrected chi connectivity index (χ4v) is 2.78. The predicted octanol–water partition coefficient (Wildman–Crippen LogP) is 2.52. The van der Waals surface area contributed by atoms with Gasteiger partial charge in [-0.05, 0) is 34.9 Å². The highest BCUT2D eigenvalue weighted by atomic mass is 19.1. The maximum atomic E-state index is 13.8. The molecule has 2 aromatic carbocycles. The van der Waals surface area contributed by atoms with Crippen LogP contribution >= 0.6 is 0 Å². The van der Waals surface area contributed by atoms with Crippen molar-refractivity contribution in [2.24, 2.45) is 0 Å². The first-order valence-electron chi connectivity index (χ1n) is 7.22. The summed E-state index contributed by atoms with van der Waals surface area (Å²) in [5.41, 5.74) is -0.169. The van der Waals surface area contributed by atoms with Crippen molar-refractivity contribution >= 4 is 11.9 Å². The van der Waals surface area contributed by atoms with Crippen LogP contribution in [0.3, 0.4) is 0 Å². The minimum absolute atomic E-state index is 0.0820. The predicted molar refractivity (Wildman–Crippen MR) is 84.9 cm³/mol. The van der Waals surface area contributed by atoms with Crippen LogP contribution in [0.1, 0.15) is 5.56 Å². The molecule has 1 heterocycles. The molecular formula is C17H15F2N3O2. The van der Waals surface area contributed by atoms with Crippen LogP contribution in [0.25, 0.3) is 11.1 Å². The number of phenols is 1. The molecule has 3 N–H and O–H groups in total. The van der Waals surface area contributed by atoms with Crippen molar-refractivity contribution in [2.75, 3.05) is 13.5 Å². The molecule has 0 radical (unpaired) electrons. The highest BCUT2D eigenvalue weighted by Crippen LogP contribution is 2.33. The first kappa shape index (κ1) is 15.9. The smallest absolute Gasteiger partial charge is 0.264 e. The molecule has 1 atom stereocenters. The van der Waals surface area contributed by atoms with E-state index >= 15 is 0 Å². The van der Waals surface area contributed by atoms with Gasteiger partial charge < -0.3 is 10.4 Å². The van der Waals surface area contributed by atoms with Gasteiger partial charge in [-0.1, -0.05) is 30.3 Å². The van der Waals surface area contributed by atoms with Gasteiger partial charge in [0.25, 0.3) is 5.91 Å². The van der Waals surface area contributed by atoms with Crippen LogP contribution in [0.15, 0.2) is 48.5 Å². The molecule has 0 saturated carbocycles. The molecule has 1 unspecified atom stereocenters. The van der Waals surface area contributed by atoms with E-state index in [4.69, 9.17) is 5.41 Å². The second-order valence-electron chi connectivity index (χ2n) is 5.50. The number of hydrogen-bond acceptors (Lipinski definition) is 3. The van der Waals surface area contributed by atoms with Crippen LogP contribution in [0.5, 0.6) is 5.75 Å². The molecule has 0 bridgehead atoms. The molecule has 0 spiro atoms. The van der Waals surface area contributed by atoms with E-state index in [1.807, 2.05) is 0 Å². The Bertz CT molecular complexity index is 812. The van der Waals surface area contributed by atoms with E-state index in [9.17, 15) is 18.7 Å². The molecule has 1 fully saturated rings. The summed E-state index contributed by atoms with van der Waals surface area (Å²) >= 11 is 0. The minimum atomic E-state index is -1.81. The maximum absolute atomic E-state index is 13.8. The summed E-state index contributed by atoms with van der Waals surface area (Å²) in [4.78, 5) is 13.0. The zero-order chi connectivity index (χ0) is 17.3. The Balaban J connectivity index is 2.07. The zero-order valence-electron chi connectivity index (χ0n) is 12.6. The molecule has 3 rings (SSSR count). The molecular weight excluding hydrogens is 316 g/mol. The summed E-state index contributed by atoms with van der Waals surface area (Å²) in [6.45, 7) is -2.31. The Kier molecular flexibility index (Phi) is 3.92. The highest BCUT2D eigenvalue weighted by molar-refractivity contribution is 6.08. The van der Waals surface area contributed by atoms with Gasteiger partial charge in [0.15, 0.2) is 12.3 Å². The Morgan fingerprint density at radius 3 is 2.38 bits per heavy atom. The maximum Gasteiger partial charge on any atom is 0.264 e. The largest absolute Gasteiger partial charge is 0.508 e. The number of guanidine groups is 1. The number of phenolic OH excluding ortho intramolecular Hbond substituents is 1. The molecule has 5 nitrogen and oxygen atoms in total. The SMILES string of the molecule is N=C1NC(CF)(c2cccc(-c3cccc(O)c3)c2)C(=O)N1CF. The second kappa shape index (κ2) is 5.92. The minimum Gasteiger partial charge on any atom is -0.508 e. The first-order valence-corrected chi connectivity index (χ1v) is 7.22. The number of aromatic hydroxyl groups is 1. The fourth-order valence-electron chi connectivity index (χ4n) is 2.78. The van der Waals surface area contributed by atoms with E-state index in [-0.39, 0.29) is 11.3 Å². The number of nitrogens with one attached hydrogen (secondary N) is 2. The fraction of sp³-hybridized carbons (Fsp3) is 0.176. The molecule has 1 aliphatic rings. The topological polar surface area (TPSA) is 76.4 Å². The molecule has 24 heavy (non-hydrogen) atoms. The van der Waals surface area contributed by atoms with Crippen molar-refractivity contribution in [3.05, 3.63) is 54.1 Å². The lowest BCUT2D eigenvalue weighted by Crippen LogP contribution is -2.46. The van der Waals surface area contributed by atoms with Crippen LogP contribution < -0.4 is 5.32 Å². The third kappa shape index (κ3) is 2.38. The number of alkyl halides is 2. The van der Waals surface area contributed by atoms with Crippen LogP contribution in [0, 0.1) is 5.41 Å². The highest BCUT2D eigenvalue weighted by Gasteiger charge is 2.51. The van der Waals surface area contributed by atoms with Crippen LogP contribution in [-0.2, 0) is 10.3 Å². The molecule has 0 aromatic heterocycles. The zero-order valence-corrected chi connectivity index (χ0v) is 12.6. The molecule has 0 aliphatic carbocycles. The van der Waals surface area contributed by atoms with Gasteiger partial charge in [0.2, 0.25) is 5.96 Å². The van der Waals surface area contributed by atoms with E-state index in [0.717, 1.165) is 0 Å². The summed E-state index contributed by atoms with van der Waals surface area (Å²) in [6.07, 6.45) is 0. The van der Waals surface area contributed by atoms with Crippen LogP contribution in [0.2, 0.25) is 0 Å². The molecule has 1 aliphatic heterocycles. The average Bonchev–Trinajstić information content (AvgIpc) is 2.85. The Labute approximate surface area is 137 Å². The summed E-state index contributed by atoms with van der Waals surface area (Å²) in [6, 6.07) is 13.0. The number of carbonyl (C=O) groups is 1. The van der Waals surface area contributed by atoms with Gasteiger partial charge in [-0.25, -0.2) is 8.78 Å². The van der Waals surface area contributed by atoms with Gasteiger partial charge >= 0.3 is 0 Å². The van der Waals surface area contributed by atoms with Gasteiger partial charge in [-0.2, -0.15) is 0 Å². The third-order valence-corrected chi connectivity index (χ3v) is 4.07. The molecule has 124 valence electrons. The number of rotatable bonds is 4. The molecule has 7 heteroatoms. The number of hydrogen-bond donors (Lipinski definition) is 3.